The number of rotatable bonds is 2. The van der Waals surface area contributed by atoms with Gasteiger partial charge >= 0.3 is 5.69 Å². The molecule has 0 saturated carbocycles. The molecule has 136 valence electrons. The van der Waals surface area contributed by atoms with E-state index < -0.39 is 11.2 Å². The smallest absolute Gasteiger partial charge is 0.332 e. The van der Waals surface area contributed by atoms with E-state index in [1.807, 2.05) is 18.2 Å². The average molecular weight is 352 g/mol. The highest BCUT2D eigenvalue weighted by Gasteiger charge is 2.30. The first-order valence-electron chi connectivity index (χ1n) is 8.79. The number of nitrogens with zero attached hydrogens (tertiary/aromatic N) is 3. The first-order valence-corrected chi connectivity index (χ1v) is 8.79. The topological polar surface area (TPSA) is 79.8 Å². The number of anilines is 1. The van der Waals surface area contributed by atoms with E-state index in [1.54, 1.807) is 7.05 Å². The Hall–Kier alpha value is -2.81. The maximum absolute atomic E-state index is 12.4. The Kier molecular flexibility index (Phi) is 4.49. The van der Waals surface area contributed by atoms with Gasteiger partial charge in [0.15, 0.2) is 5.56 Å². The second kappa shape index (κ2) is 6.49. The number of nitriles is 1. The summed E-state index contributed by atoms with van der Waals surface area (Å²) in [5.74, 6) is 0.290. The number of fused-ring (bicyclic) bond motifs is 1. The molecule has 6 nitrogen and oxygen atoms in total. The summed E-state index contributed by atoms with van der Waals surface area (Å²) in [6, 6.07) is 10.1. The van der Waals surface area contributed by atoms with E-state index in [2.05, 4.69) is 31.3 Å². The summed E-state index contributed by atoms with van der Waals surface area (Å²) in [5.41, 5.74) is 1.48. The first-order chi connectivity index (χ1) is 12.2. The predicted octanol–water partition coefficient (Wildman–Crippen LogP) is 2.47. The molecule has 1 aliphatic carbocycles. The van der Waals surface area contributed by atoms with Gasteiger partial charge in [0.1, 0.15) is 11.9 Å². The van der Waals surface area contributed by atoms with Crippen LogP contribution in [-0.4, -0.2) is 9.13 Å². The predicted molar refractivity (Wildman–Crippen MR) is 101 cm³/mol. The van der Waals surface area contributed by atoms with Crippen LogP contribution in [0.5, 0.6) is 0 Å². The third-order valence-corrected chi connectivity index (χ3v) is 5.35. The lowest BCUT2D eigenvalue weighted by molar-refractivity contribution is 0.300. The molecule has 3 rings (SSSR count). The van der Waals surface area contributed by atoms with Crippen molar-refractivity contribution in [2.45, 2.75) is 39.2 Å². The molecule has 6 heteroatoms. The quantitative estimate of drug-likeness (QED) is 0.842. The summed E-state index contributed by atoms with van der Waals surface area (Å²) in [4.78, 5) is 24.7. The lowest BCUT2D eigenvalue weighted by Crippen LogP contribution is -2.40. The number of aryl methyl sites for hydroxylation is 1. The van der Waals surface area contributed by atoms with Gasteiger partial charge in [-0.1, -0.05) is 38.1 Å². The van der Waals surface area contributed by atoms with Crippen molar-refractivity contribution >= 4 is 5.82 Å². The molecule has 0 saturated heterocycles. The monoisotopic (exact) mass is 352 g/mol. The Balaban J connectivity index is 2.15. The van der Waals surface area contributed by atoms with Gasteiger partial charge in [0, 0.05) is 14.1 Å². The third kappa shape index (κ3) is 3.05. The standard InChI is InChI=1S/C20H24N4O2/c1-20(2)10-9-13-7-5-6-8-14(13)16(11-20)22-17-15(12-21)18(25)24(4)19(26)23(17)3/h5-8,16,22H,9-11H2,1-4H3. The van der Waals surface area contributed by atoms with Crippen molar-refractivity contribution in [1.82, 2.24) is 9.13 Å². The summed E-state index contributed by atoms with van der Waals surface area (Å²) < 4.78 is 2.31. The minimum absolute atomic E-state index is 0.0332. The van der Waals surface area contributed by atoms with Crippen molar-refractivity contribution in [2.75, 3.05) is 5.32 Å². The van der Waals surface area contributed by atoms with E-state index in [9.17, 15) is 14.9 Å². The highest BCUT2D eigenvalue weighted by atomic mass is 16.2. The number of hydrogen-bond donors (Lipinski definition) is 1. The number of hydrogen-bond acceptors (Lipinski definition) is 4. The van der Waals surface area contributed by atoms with Crippen LogP contribution in [0.15, 0.2) is 33.9 Å². The second-order valence-electron chi connectivity index (χ2n) is 7.81. The zero-order valence-corrected chi connectivity index (χ0v) is 15.7. The Morgan fingerprint density at radius 1 is 1.19 bits per heavy atom. The minimum Gasteiger partial charge on any atom is -0.363 e. The second-order valence-corrected chi connectivity index (χ2v) is 7.81. The van der Waals surface area contributed by atoms with Gasteiger partial charge in [-0.25, -0.2) is 4.79 Å². The van der Waals surface area contributed by atoms with Gasteiger partial charge in [0.25, 0.3) is 5.56 Å². The molecule has 1 aliphatic rings. The van der Waals surface area contributed by atoms with Gasteiger partial charge in [0.05, 0.1) is 6.04 Å². The largest absolute Gasteiger partial charge is 0.363 e. The molecule has 1 aromatic heterocycles. The van der Waals surface area contributed by atoms with Gasteiger partial charge in [-0.2, -0.15) is 5.26 Å². The van der Waals surface area contributed by atoms with E-state index in [4.69, 9.17) is 0 Å². The fourth-order valence-corrected chi connectivity index (χ4v) is 3.75. The highest BCUT2D eigenvalue weighted by Crippen LogP contribution is 2.40. The van der Waals surface area contributed by atoms with Crippen LogP contribution in [0.1, 0.15) is 49.4 Å². The zero-order chi connectivity index (χ0) is 19.1. The Morgan fingerprint density at radius 2 is 1.88 bits per heavy atom. The lowest BCUT2D eigenvalue weighted by Gasteiger charge is -2.29. The maximum atomic E-state index is 12.4. The van der Waals surface area contributed by atoms with Crippen molar-refractivity contribution in [3.63, 3.8) is 0 Å². The van der Waals surface area contributed by atoms with E-state index >= 15 is 0 Å². The molecule has 0 fully saturated rings. The SMILES string of the molecule is Cn1c(NC2CC(C)(C)CCc3ccccc32)c(C#N)c(=O)n(C)c1=O. The van der Waals surface area contributed by atoms with Crippen LogP contribution in [0.25, 0.3) is 0 Å². The third-order valence-electron chi connectivity index (χ3n) is 5.35. The summed E-state index contributed by atoms with van der Waals surface area (Å²) in [7, 11) is 2.97. The van der Waals surface area contributed by atoms with Crippen LogP contribution in [0.2, 0.25) is 0 Å². The van der Waals surface area contributed by atoms with Crippen molar-refractivity contribution in [1.29, 1.82) is 5.26 Å². The molecular formula is C20H24N4O2. The van der Waals surface area contributed by atoms with Crippen molar-refractivity contribution in [2.24, 2.45) is 19.5 Å². The highest BCUT2D eigenvalue weighted by molar-refractivity contribution is 5.53. The van der Waals surface area contributed by atoms with Gasteiger partial charge in [-0.05, 0) is 35.8 Å². The summed E-state index contributed by atoms with van der Waals surface area (Å²) >= 11 is 0. The van der Waals surface area contributed by atoms with Gasteiger partial charge in [0.2, 0.25) is 0 Å². The fraction of sp³-hybridized carbons (Fsp3) is 0.450. The van der Waals surface area contributed by atoms with Crippen LogP contribution in [0, 0.1) is 16.7 Å². The van der Waals surface area contributed by atoms with Crippen LogP contribution in [0.3, 0.4) is 0 Å². The normalized spacial score (nSPS) is 18.5. The number of nitrogens with one attached hydrogen (secondary N) is 1. The summed E-state index contributed by atoms with van der Waals surface area (Å²) in [5, 5.41) is 12.9. The van der Waals surface area contributed by atoms with Crippen LogP contribution < -0.4 is 16.6 Å². The molecule has 1 unspecified atom stereocenters. The maximum Gasteiger partial charge on any atom is 0.332 e. The van der Waals surface area contributed by atoms with E-state index in [0.717, 1.165) is 29.4 Å². The average Bonchev–Trinajstić information content (AvgIpc) is 2.74. The van der Waals surface area contributed by atoms with Gasteiger partial charge in [-0.3, -0.25) is 13.9 Å². The van der Waals surface area contributed by atoms with E-state index in [0.29, 0.717) is 0 Å². The van der Waals surface area contributed by atoms with Crippen LogP contribution in [0.4, 0.5) is 5.82 Å². The van der Waals surface area contributed by atoms with Crippen molar-refractivity contribution in [3.05, 3.63) is 61.8 Å². The van der Waals surface area contributed by atoms with Crippen LogP contribution in [-0.2, 0) is 20.5 Å². The Labute approximate surface area is 152 Å². The number of benzene rings is 1. The zero-order valence-electron chi connectivity index (χ0n) is 15.7. The molecule has 0 spiro atoms. The molecule has 1 aromatic carbocycles. The molecule has 0 radical (unpaired) electrons. The lowest BCUT2D eigenvalue weighted by atomic mass is 9.83. The van der Waals surface area contributed by atoms with E-state index in [-0.39, 0.29) is 22.8 Å². The molecule has 0 bridgehead atoms. The fourth-order valence-electron chi connectivity index (χ4n) is 3.75. The molecule has 1 atom stereocenters. The molecule has 26 heavy (non-hydrogen) atoms. The molecular weight excluding hydrogens is 328 g/mol. The summed E-state index contributed by atoms with van der Waals surface area (Å²) in [6.07, 6.45) is 2.89. The van der Waals surface area contributed by atoms with E-state index in [1.165, 1.54) is 17.2 Å². The van der Waals surface area contributed by atoms with Crippen molar-refractivity contribution in [3.8, 4) is 6.07 Å². The molecule has 1 N–H and O–H groups in total. The van der Waals surface area contributed by atoms with Crippen molar-refractivity contribution < 1.29 is 0 Å². The Morgan fingerprint density at radius 3 is 2.58 bits per heavy atom. The number of aromatic nitrogens is 2. The minimum atomic E-state index is -0.570. The first kappa shape index (κ1) is 18.0. The molecule has 2 aromatic rings. The van der Waals surface area contributed by atoms with Crippen LogP contribution >= 0.6 is 0 Å². The molecule has 0 amide bonds. The molecule has 1 heterocycles. The van der Waals surface area contributed by atoms with Gasteiger partial charge < -0.3 is 5.32 Å². The Bertz CT molecular complexity index is 1010. The van der Waals surface area contributed by atoms with Gasteiger partial charge in [-0.15, -0.1) is 0 Å². The molecule has 0 aliphatic heterocycles. The summed E-state index contributed by atoms with van der Waals surface area (Å²) in [6.45, 7) is 4.45.